The smallest absolute Gasteiger partial charge is 0.227 e. The molecule has 2 aromatic heterocycles. The lowest BCUT2D eigenvalue weighted by Gasteiger charge is -2.24. The fourth-order valence-corrected chi connectivity index (χ4v) is 4.13. The average Bonchev–Trinajstić information content (AvgIpc) is 2.90. The van der Waals surface area contributed by atoms with Gasteiger partial charge in [-0.05, 0) is 62.9 Å². The van der Waals surface area contributed by atoms with Gasteiger partial charge < -0.3 is 9.72 Å². The zero-order valence-corrected chi connectivity index (χ0v) is 16.0. The summed E-state index contributed by atoms with van der Waals surface area (Å²) in [6.07, 6.45) is 7.11. The molecule has 0 saturated heterocycles. The summed E-state index contributed by atoms with van der Waals surface area (Å²) in [7, 11) is 0. The monoisotopic (exact) mass is 447 g/mol. The van der Waals surface area contributed by atoms with Crippen molar-refractivity contribution < 1.29 is 4.79 Å². The van der Waals surface area contributed by atoms with Crippen molar-refractivity contribution in [1.82, 2.24) is 9.38 Å². The Balaban J connectivity index is 1.65. The third kappa shape index (κ3) is 3.00. The highest BCUT2D eigenvalue weighted by Crippen LogP contribution is 2.30. The summed E-state index contributed by atoms with van der Waals surface area (Å²) < 4.78 is 3.88. The lowest BCUT2D eigenvalue weighted by molar-refractivity contribution is -0.122. The van der Waals surface area contributed by atoms with Crippen LogP contribution in [0.4, 0.5) is 5.69 Å². The summed E-state index contributed by atoms with van der Waals surface area (Å²) in [4.78, 5) is 16.8. The van der Waals surface area contributed by atoms with Gasteiger partial charge in [-0.3, -0.25) is 4.79 Å². The molecule has 1 aliphatic rings. The molecule has 1 aliphatic carbocycles. The van der Waals surface area contributed by atoms with Crippen LogP contribution in [0.1, 0.15) is 19.3 Å². The molecule has 0 unspecified atom stereocenters. The van der Waals surface area contributed by atoms with Crippen molar-refractivity contribution in [1.29, 1.82) is 0 Å². The van der Waals surface area contributed by atoms with Gasteiger partial charge in [0.25, 0.3) is 0 Å². The van der Waals surface area contributed by atoms with Crippen LogP contribution in [0.2, 0.25) is 0 Å². The van der Waals surface area contributed by atoms with Gasteiger partial charge in [0.05, 0.1) is 10.2 Å². The number of anilines is 1. The maximum atomic E-state index is 12.1. The number of imidazole rings is 1. The molecule has 0 aliphatic heterocycles. The Kier molecular flexibility index (Phi) is 4.18. The summed E-state index contributed by atoms with van der Waals surface area (Å²) in [6.45, 7) is 0. The molecule has 6 heteroatoms. The number of rotatable bonds is 3. The molecule has 1 fully saturated rings. The van der Waals surface area contributed by atoms with Gasteiger partial charge in [0.15, 0.2) is 5.65 Å². The normalized spacial score (nSPS) is 14.6. The van der Waals surface area contributed by atoms with Crippen molar-refractivity contribution in [2.45, 2.75) is 19.3 Å². The van der Waals surface area contributed by atoms with Gasteiger partial charge in [0, 0.05) is 34.0 Å². The van der Waals surface area contributed by atoms with E-state index in [0.717, 1.165) is 50.8 Å². The van der Waals surface area contributed by atoms with Crippen molar-refractivity contribution >= 4 is 49.1 Å². The molecule has 1 amide bonds. The Labute approximate surface area is 156 Å². The molecule has 24 heavy (non-hydrogen) atoms. The van der Waals surface area contributed by atoms with Gasteiger partial charge in [0.2, 0.25) is 5.91 Å². The zero-order valence-electron chi connectivity index (χ0n) is 12.8. The van der Waals surface area contributed by atoms with E-state index in [4.69, 9.17) is 0 Å². The van der Waals surface area contributed by atoms with Crippen molar-refractivity contribution in [2.75, 3.05) is 5.32 Å². The molecule has 1 aromatic carbocycles. The van der Waals surface area contributed by atoms with E-state index >= 15 is 0 Å². The minimum atomic E-state index is 0.125. The predicted octanol–water partition coefficient (Wildman–Crippen LogP) is 5.26. The van der Waals surface area contributed by atoms with Crippen LogP contribution >= 0.6 is 31.9 Å². The van der Waals surface area contributed by atoms with Gasteiger partial charge in [-0.1, -0.05) is 18.6 Å². The first-order chi connectivity index (χ1) is 11.6. The summed E-state index contributed by atoms with van der Waals surface area (Å²) >= 11 is 7.03. The Bertz CT molecular complexity index is 931. The molecular weight excluding hydrogens is 434 g/mol. The van der Waals surface area contributed by atoms with Gasteiger partial charge in [-0.25, -0.2) is 4.98 Å². The molecule has 0 spiro atoms. The molecule has 4 rings (SSSR count). The standard InChI is InChI=1S/C18H15Br2N3O/c19-13-8-15(20)17-22-16(10-23(17)9-13)12-5-2-6-14(7-12)21-18(24)11-3-1-4-11/h2,5-11H,1,3-4H2,(H,21,24). The zero-order chi connectivity index (χ0) is 16.7. The number of pyridine rings is 1. The van der Waals surface area contributed by atoms with E-state index in [1.807, 2.05) is 47.1 Å². The molecule has 1 saturated carbocycles. The number of halogens is 2. The van der Waals surface area contributed by atoms with Crippen molar-refractivity contribution in [3.8, 4) is 11.3 Å². The highest BCUT2D eigenvalue weighted by Gasteiger charge is 2.25. The second-order valence-corrected chi connectivity index (χ2v) is 7.83. The second-order valence-electron chi connectivity index (χ2n) is 6.06. The van der Waals surface area contributed by atoms with E-state index in [1.165, 1.54) is 0 Å². The van der Waals surface area contributed by atoms with Crippen LogP contribution < -0.4 is 5.32 Å². The van der Waals surface area contributed by atoms with Crippen LogP contribution in [0, 0.1) is 5.92 Å². The van der Waals surface area contributed by atoms with Gasteiger partial charge in [-0.2, -0.15) is 0 Å². The quantitative estimate of drug-likeness (QED) is 0.593. The van der Waals surface area contributed by atoms with Crippen LogP contribution in [0.15, 0.2) is 51.7 Å². The molecular formula is C18H15Br2N3O. The number of amides is 1. The van der Waals surface area contributed by atoms with Crippen LogP contribution in [0.3, 0.4) is 0 Å². The number of hydrogen-bond acceptors (Lipinski definition) is 2. The minimum absolute atomic E-state index is 0.125. The highest BCUT2D eigenvalue weighted by atomic mass is 79.9. The van der Waals surface area contributed by atoms with Crippen molar-refractivity contribution in [3.05, 3.63) is 51.7 Å². The fourth-order valence-electron chi connectivity index (χ4n) is 2.83. The van der Waals surface area contributed by atoms with E-state index in [1.54, 1.807) is 0 Å². The first-order valence-corrected chi connectivity index (χ1v) is 9.44. The highest BCUT2D eigenvalue weighted by molar-refractivity contribution is 9.11. The fraction of sp³-hybridized carbons (Fsp3) is 0.222. The largest absolute Gasteiger partial charge is 0.326 e. The number of nitrogens with zero attached hydrogens (tertiary/aromatic N) is 2. The minimum Gasteiger partial charge on any atom is -0.326 e. The van der Waals surface area contributed by atoms with Crippen LogP contribution in [0.25, 0.3) is 16.9 Å². The SMILES string of the molecule is O=C(Nc1cccc(-c2cn3cc(Br)cc(Br)c3n2)c1)C1CCC1. The number of aromatic nitrogens is 2. The van der Waals surface area contributed by atoms with Gasteiger partial charge >= 0.3 is 0 Å². The van der Waals surface area contributed by atoms with E-state index < -0.39 is 0 Å². The van der Waals surface area contributed by atoms with Crippen molar-refractivity contribution in [2.24, 2.45) is 5.92 Å². The summed E-state index contributed by atoms with van der Waals surface area (Å²) in [5.41, 5.74) is 3.53. The lowest BCUT2D eigenvalue weighted by atomic mass is 9.85. The van der Waals surface area contributed by atoms with Crippen LogP contribution in [0.5, 0.6) is 0 Å². The van der Waals surface area contributed by atoms with E-state index in [2.05, 4.69) is 42.2 Å². The molecule has 1 N–H and O–H groups in total. The molecule has 3 aromatic rings. The number of carbonyl (C=O) groups is 1. The maximum Gasteiger partial charge on any atom is 0.227 e. The predicted molar refractivity (Wildman–Crippen MR) is 102 cm³/mol. The Hall–Kier alpha value is -1.66. The molecule has 0 radical (unpaired) electrons. The van der Waals surface area contributed by atoms with Crippen molar-refractivity contribution in [3.63, 3.8) is 0 Å². The third-order valence-electron chi connectivity index (χ3n) is 4.37. The van der Waals surface area contributed by atoms with Crippen LogP contribution in [-0.2, 0) is 4.79 Å². The lowest BCUT2D eigenvalue weighted by Crippen LogP contribution is -2.27. The average molecular weight is 449 g/mol. The number of hydrogen-bond donors (Lipinski definition) is 1. The van der Waals surface area contributed by atoms with E-state index in [9.17, 15) is 4.79 Å². The van der Waals surface area contributed by atoms with Gasteiger partial charge in [-0.15, -0.1) is 0 Å². The molecule has 2 heterocycles. The number of nitrogens with one attached hydrogen (secondary N) is 1. The molecule has 122 valence electrons. The first kappa shape index (κ1) is 15.8. The topological polar surface area (TPSA) is 46.4 Å². The van der Waals surface area contributed by atoms with Crippen LogP contribution in [-0.4, -0.2) is 15.3 Å². The molecule has 0 atom stereocenters. The first-order valence-electron chi connectivity index (χ1n) is 7.85. The summed E-state index contributed by atoms with van der Waals surface area (Å²) in [5, 5.41) is 3.02. The molecule has 0 bridgehead atoms. The second kappa shape index (κ2) is 6.33. The summed E-state index contributed by atoms with van der Waals surface area (Å²) in [5.74, 6) is 0.303. The van der Waals surface area contributed by atoms with E-state index in [0.29, 0.717) is 0 Å². The maximum absolute atomic E-state index is 12.1. The Morgan fingerprint density at radius 1 is 1.21 bits per heavy atom. The van der Waals surface area contributed by atoms with Gasteiger partial charge in [0.1, 0.15) is 0 Å². The summed E-state index contributed by atoms with van der Waals surface area (Å²) in [6, 6.07) is 9.81. The molecule has 4 nitrogen and oxygen atoms in total. The van der Waals surface area contributed by atoms with E-state index in [-0.39, 0.29) is 11.8 Å². The number of carbonyl (C=O) groups excluding carboxylic acids is 1. The Morgan fingerprint density at radius 3 is 2.79 bits per heavy atom. The Morgan fingerprint density at radius 2 is 2.04 bits per heavy atom. The number of fused-ring (bicyclic) bond motifs is 1. The number of benzene rings is 1. The third-order valence-corrected chi connectivity index (χ3v) is 5.39.